The second-order valence-corrected chi connectivity index (χ2v) is 12.5. The van der Waals surface area contributed by atoms with E-state index in [-0.39, 0.29) is 40.8 Å². The second-order valence-electron chi connectivity index (χ2n) is 11.3. The van der Waals surface area contributed by atoms with Crippen molar-refractivity contribution in [2.45, 2.75) is 75.7 Å². The zero-order valence-corrected chi connectivity index (χ0v) is 24.6. The van der Waals surface area contributed by atoms with Gasteiger partial charge in [0.2, 0.25) is 11.7 Å². The van der Waals surface area contributed by atoms with Gasteiger partial charge in [0.05, 0.1) is 14.4 Å². The number of nitrogens with zero attached hydrogens (tertiary/aromatic N) is 1. The van der Waals surface area contributed by atoms with Crippen molar-refractivity contribution in [1.82, 2.24) is 15.2 Å². The Morgan fingerprint density at radius 1 is 1.30 bits per heavy atom. The number of amides is 1. The Morgan fingerprint density at radius 2 is 2.00 bits per heavy atom. The number of carbonyl (C=O) groups excluding carboxylic acids is 1. The molecule has 1 saturated carbocycles. The van der Waals surface area contributed by atoms with Crippen molar-refractivity contribution in [1.29, 1.82) is 0 Å². The number of alkyl halides is 2. The zero-order chi connectivity index (χ0) is 30.6. The Morgan fingerprint density at radius 3 is 2.65 bits per heavy atom. The summed E-state index contributed by atoms with van der Waals surface area (Å²) in [6.45, 7) is 5.08. The van der Waals surface area contributed by atoms with Gasteiger partial charge in [-0.3, -0.25) is 9.59 Å². The molecule has 0 spiro atoms. The van der Waals surface area contributed by atoms with Gasteiger partial charge < -0.3 is 24.7 Å². The van der Waals surface area contributed by atoms with E-state index in [0.717, 1.165) is 25.9 Å². The summed E-state index contributed by atoms with van der Waals surface area (Å²) in [6.07, 6.45) is 2.60. The third-order valence-corrected chi connectivity index (χ3v) is 9.13. The monoisotopic (exact) mass is 597 g/mol. The predicted molar refractivity (Wildman–Crippen MR) is 152 cm³/mol. The topological polar surface area (TPSA) is 83.7 Å². The number of ether oxygens (including phenoxy) is 2. The maximum absolute atomic E-state index is 13.5. The molecule has 0 radical (unpaired) electrons. The molecule has 5 rings (SSSR count). The van der Waals surface area contributed by atoms with Crippen molar-refractivity contribution in [3.8, 4) is 5.75 Å². The Kier molecular flexibility index (Phi) is 7.53. The lowest BCUT2D eigenvalue weighted by Gasteiger charge is -2.47. The van der Waals surface area contributed by atoms with E-state index in [0.29, 0.717) is 28.4 Å². The fourth-order valence-corrected chi connectivity index (χ4v) is 7.01. The number of fused-ring (bicyclic) bond motifs is 1. The van der Waals surface area contributed by atoms with Gasteiger partial charge in [-0.15, -0.1) is 11.8 Å². The number of aromatic nitrogens is 1. The van der Waals surface area contributed by atoms with E-state index in [1.54, 1.807) is 32.2 Å². The number of rotatable bonds is 7. The molecule has 3 aliphatic rings. The van der Waals surface area contributed by atoms with Gasteiger partial charge in [-0.25, -0.2) is 8.78 Å². The fourth-order valence-electron chi connectivity index (χ4n) is 6.16. The quantitative estimate of drug-likeness (QED) is 0.385. The van der Waals surface area contributed by atoms with E-state index in [4.69, 9.17) is 23.8 Å². The molecule has 1 aromatic heterocycles. The number of hydrogen-bond donors (Lipinski definition) is 2. The summed E-state index contributed by atoms with van der Waals surface area (Å²) in [5.41, 5.74) is 0.313. The maximum Gasteiger partial charge on any atom is 0.254 e. The maximum atomic E-state index is 13.5. The van der Waals surface area contributed by atoms with Crippen LogP contribution in [0.2, 0.25) is 5.02 Å². The predicted octanol–water partition coefficient (Wildman–Crippen LogP) is 5.93. The normalized spacial score (nSPS) is 26.2. The van der Waals surface area contributed by atoms with Crippen LogP contribution < -0.4 is 15.6 Å². The number of aryl methyl sites for hydroxylation is 1. The van der Waals surface area contributed by atoms with Crippen LogP contribution in [0.15, 0.2) is 27.9 Å². The van der Waals surface area contributed by atoms with Gasteiger partial charge >= 0.3 is 0 Å². The van der Waals surface area contributed by atoms with Gasteiger partial charge in [0.1, 0.15) is 5.75 Å². The summed E-state index contributed by atoms with van der Waals surface area (Å²) < 4.78 is 56.5. The molecule has 2 atom stereocenters. The van der Waals surface area contributed by atoms with E-state index >= 15 is 0 Å². The van der Waals surface area contributed by atoms with Crippen molar-refractivity contribution in [2.24, 2.45) is 11.8 Å². The highest BCUT2D eigenvalue weighted by atomic mass is 35.5. The number of carbonyl (C=O) groups is 1. The van der Waals surface area contributed by atoms with Gasteiger partial charge in [-0.1, -0.05) is 11.6 Å². The Hall–Kier alpha value is -2.14. The summed E-state index contributed by atoms with van der Waals surface area (Å²) in [6, 6.07) is 4.73. The third-order valence-electron chi connectivity index (χ3n) is 8.15. The van der Waals surface area contributed by atoms with Crippen LogP contribution in [0.1, 0.15) is 75.6 Å². The number of likely N-dealkylation sites (tertiary alicyclic amines) is 1. The molecule has 2 fully saturated rings. The molecule has 1 aliphatic carbocycles. The van der Waals surface area contributed by atoms with Crippen molar-refractivity contribution >= 4 is 29.3 Å². The first-order chi connectivity index (χ1) is 19.6. The van der Waals surface area contributed by atoms with Crippen LogP contribution in [0, 0.1) is 18.8 Å². The number of pyridine rings is 1. The lowest BCUT2D eigenvalue weighted by molar-refractivity contribution is -0.251. The molecular formula is C29H36ClF2N3O4S. The molecule has 1 amide bonds. The second kappa shape index (κ2) is 11.3. The molecule has 2 N–H and O–H groups in total. The fraction of sp³-hybridized carbons (Fsp3) is 0.586. The van der Waals surface area contributed by atoms with Crippen LogP contribution in [0.4, 0.5) is 8.78 Å². The number of benzene rings is 1. The van der Waals surface area contributed by atoms with Crippen LogP contribution >= 0.6 is 23.4 Å². The number of H-pyrrole nitrogens is 1. The minimum Gasteiger partial charge on any atom is -0.462 e. The Labute approximate surface area is 245 Å². The zero-order valence-electron chi connectivity index (χ0n) is 25.0. The van der Waals surface area contributed by atoms with E-state index in [2.05, 4.69) is 15.2 Å². The smallest absolute Gasteiger partial charge is 0.254 e. The summed E-state index contributed by atoms with van der Waals surface area (Å²) >= 11 is 7.64. The Bertz CT molecular complexity index is 1430. The van der Waals surface area contributed by atoms with Gasteiger partial charge in [0.25, 0.3) is 11.5 Å². The van der Waals surface area contributed by atoms with Gasteiger partial charge in [0.15, 0.2) is 0 Å². The van der Waals surface area contributed by atoms with E-state index in [1.807, 2.05) is 6.92 Å². The average molecular weight is 598 g/mol. The minimum absolute atomic E-state index is 0.0239. The first-order valence-corrected chi connectivity index (χ1v) is 15.1. The molecule has 2 aliphatic heterocycles. The van der Waals surface area contributed by atoms with Crippen molar-refractivity contribution in [2.75, 3.05) is 25.9 Å². The summed E-state index contributed by atoms with van der Waals surface area (Å²) in [4.78, 5) is 31.5. The van der Waals surface area contributed by atoms with Crippen molar-refractivity contribution in [3.05, 3.63) is 56.0 Å². The van der Waals surface area contributed by atoms with Gasteiger partial charge in [0, 0.05) is 65.5 Å². The molecule has 2 unspecified atom stereocenters. The van der Waals surface area contributed by atoms with Crippen LogP contribution in [0.25, 0.3) is 0 Å². The lowest BCUT2D eigenvalue weighted by Crippen LogP contribution is -2.52. The van der Waals surface area contributed by atoms with E-state index in [1.165, 1.54) is 17.8 Å². The molecule has 0 bridgehead atoms. The van der Waals surface area contributed by atoms with Crippen LogP contribution in [-0.2, 0) is 11.2 Å². The minimum atomic E-state index is -2.51. The molecule has 1 saturated heterocycles. The molecule has 3 heterocycles. The summed E-state index contributed by atoms with van der Waals surface area (Å²) in [7, 11) is 0. The summed E-state index contributed by atoms with van der Waals surface area (Å²) in [5, 5.41) is 2.62. The molecule has 7 nitrogen and oxygen atoms in total. The molecule has 40 heavy (non-hydrogen) atoms. The largest absolute Gasteiger partial charge is 0.462 e. The van der Waals surface area contributed by atoms with E-state index < -0.39 is 35.8 Å². The number of piperidine rings is 1. The van der Waals surface area contributed by atoms with E-state index in [9.17, 15) is 18.4 Å². The molecule has 11 heteroatoms. The van der Waals surface area contributed by atoms with Crippen LogP contribution in [0.3, 0.4) is 0 Å². The SMILES string of the molecule is [2H]C([2H])(NC(=O)c1cc(Cl)cc2c1C(C)OC(C)(C1CCN(CC3CC(F)(F)C3)CC1)O2)c1c(SC)cc(C)[nH]c1=O. The van der Waals surface area contributed by atoms with Crippen LogP contribution in [-0.4, -0.2) is 53.4 Å². The highest BCUT2D eigenvalue weighted by Crippen LogP contribution is 2.47. The summed E-state index contributed by atoms with van der Waals surface area (Å²) in [5.74, 6) is -3.84. The lowest BCUT2D eigenvalue weighted by atomic mass is 9.80. The first kappa shape index (κ1) is 26.7. The van der Waals surface area contributed by atoms with Crippen LogP contribution in [0.5, 0.6) is 5.75 Å². The molecular weight excluding hydrogens is 560 g/mol. The molecule has 218 valence electrons. The highest BCUT2D eigenvalue weighted by molar-refractivity contribution is 7.98. The number of nitrogens with one attached hydrogen (secondary N) is 2. The molecule has 1 aromatic carbocycles. The standard InChI is InChI=1S/C29H36ClF2N3O4S/c1-16-9-24(40-4)22(27(37)34-16)14-33-26(36)21-10-20(30)11-23-25(21)17(2)38-28(3,39-23)19-5-7-35(8-6-19)15-18-12-29(31,32)13-18/h9-11,17-19H,5-8,12-15H2,1-4H3,(H,33,36)(H,34,37)/i14D2. The third kappa shape index (κ3) is 6.05. The number of hydrogen-bond acceptors (Lipinski definition) is 6. The number of thioether (sulfide) groups is 1. The highest BCUT2D eigenvalue weighted by Gasteiger charge is 2.48. The Balaban J connectivity index is 1.33. The van der Waals surface area contributed by atoms with Crippen molar-refractivity contribution in [3.63, 3.8) is 0 Å². The van der Waals surface area contributed by atoms with Gasteiger partial charge in [-0.05, 0) is 70.2 Å². The number of aromatic amines is 1. The number of halogens is 3. The first-order valence-electron chi connectivity index (χ1n) is 14.5. The average Bonchev–Trinajstić information content (AvgIpc) is 2.86. The van der Waals surface area contributed by atoms with Gasteiger partial charge in [-0.2, -0.15) is 0 Å². The molecule has 2 aromatic rings. The van der Waals surface area contributed by atoms with Crippen molar-refractivity contribution < 1.29 is 25.8 Å².